The summed E-state index contributed by atoms with van der Waals surface area (Å²) in [7, 11) is -3.74. The molecule has 3 unspecified atom stereocenters. The molecule has 4 N–H and O–H groups in total. The molecular formula is C21H24N2O6S. The van der Waals surface area contributed by atoms with Crippen LogP contribution in [-0.4, -0.2) is 54.2 Å². The summed E-state index contributed by atoms with van der Waals surface area (Å²) in [5.41, 5.74) is 2.21. The molecule has 160 valence electrons. The standard InChI is InChI=1S/C21H24N2O6S/c1-21(2,30(3,28)29)18(20(26)23-27)22-19(25)15-10-8-14(9-11-15)6-4-5-7-16-12-17(16)13-24/h8-11,16-18,24,27H,12-13H2,1-3H3,(H,22,25)(H,23,26). The maximum absolute atomic E-state index is 12.5. The first-order valence-electron chi connectivity index (χ1n) is 9.18. The summed E-state index contributed by atoms with van der Waals surface area (Å²) in [6, 6.07) is 4.65. The van der Waals surface area contributed by atoms with Gasteiger partial charge in [-0.1, -0.05) is 11.8 Å². The van der Waals surface area contributed by atoms with Crippen LogP contribution in [0.2, 0.25) is 0 Å². The van der Waals surface area contributed by atoms with Crippen LogP contribution in [0.3, 0.4) is 0 Å². The van der Waals surface area contributed by atoms with E-state index in [4.69, 9.17) is 10.3 Å². The molecule has 30 heavy (non-hydrogen) atoms. The number of nitrogens with one attached hydrogen (secondary N) is 2. The average Bonchev–Trinajstić information content (AvgIpc) is 3.46. The Balaban J connectivity index is 2.10. The summed E-state index contributed by atoms with van der Waals surface area (Å²) < 4.78 is 22.4. The van der Waals surface area contributed by atoms with E-state index in [9.17, 15) is 18.0 Å². The molecule has 0 bridgehead atoms. The van der Waals surface area contributed by atoms with E-state index in [1.165, 1.54) is 31.5 Å². The van der Waals surface area contributed by atoms with Gasteiger partial charge in [0.25, 0.3) is 11.8 Å². The second-order valence-corrected chi connectivity index (χ2v) is 10.2. The summed E-state index contributed by atoms with van der Waals surface area (Å²) in [5.74, 6) is 10.0. The molecule has 3 atom stereocenters. The molecule has 0 radical (unpaired) electrons. The van der Waals surface area contributed by atoms with Crippen LogP contribution in [0.1, 0.15) is 36.2 Å². The van der Waals surface area contributed by atoms with E-state index in [0.717, 1.165) is 12.7 Å². The Bertz CT molecular complexity index is 1040. The maximum atomic E-state index is 12.5. The van der Waals surface area contributed by atoms with Crippen LogP contribution >= 0.6 is 0 Å². The van der Waals surface area contributed by atoms with Gasteiger partial charge in [-0.15, -0.1) is 0 Å². The number of hydroxylamine groups is 1. The number of aliphatic hydroxyl groups is 1. The lowest BCUT2D eigenvalue weighted by Crippen LogP contribution is -2.60. The molecule has 0 aliphatic heterocycles. The molecule has 2 amide bonds. The highest BCUT2D eigenvalue weighted by atomic mass is 32.2. The van der Waals surface area contributed by atoms with E-state index in [1.807, 2.05) is 0 Å². The highest BCUT2D eigenvalue weighted by molar-refractivity contribution is 7.92. The third-order valence-electron chi connectivity index (χ3n) is 5.13. The monoisotopic (exact) mass is 432 g/mol. The molecule has 0 heterocycles. The van der Waals surface area contributed by atoms with Crippen molar-refractivity contribution in [2.45, 2.75) is 31.1 Å². The minimum absolute atomic E-state index is 0.137. The number of sulfone groups is 1. The number of benzene rings is 1. The molecule has 1 aliphatic carbocycles. The van der Waals surface area contributed by atoms with Gasteiger partial charge in [-0.25, -0.2) is 13.9 Å². The van der Waals surface area contributed by atoms with Gasteiger partial charge in [-0.3, -0.25) is 14.8 Å². The normalized spacial score (nSPS) is 18.7. The van der Waals surface area contributed by atoms with Crippen LogP contribution in [0.4, 0.5) is 0 Å². The number of amides is 2. The molecule has 1 aliphatic rings. The first-order chi connectivity index (χ1) is 14.0. The Labute approximate surface area is 175 Å². The second-order valence-electron chi connectivity index (χ2n) is 7.64. The summed E-state index contributed by atoms with van der Waals surface area (Å²) in [6.45, 7) is 2.71. The van der Waals surface area contributed by atoms with Gasteiger partial charge in [0, 0.05) is 29.9 Å². The van der Waals surface area contributed by atoms with Gasteiger partial charge < -0.3 is 10.4 Å². The minimum Gasteiger partial charge on any atom is -0.396 e. The Morgan fingerprint density at radius 3 is 2.37 bits per heavy atom. The van der Waals surface area contributed by atoms with Crippen molar-refractivity contribution in [1.29, 1.82) is 0 Å². The smallest absolute Gasteiger partial charge is 0.267 e. The average molecular weight is 432 g/mol. The first-order valence-corrected chi connectivity index (χ1v) is 11.1. The Hall–Kier alpha value is -2.85. The van der Waals surface area contributed by atoms with E-state index < -0.39 is 32.4 Å². The SMILES string of the molecule is CC(C)(C(NC(=O)c1ccc(C#CC#CC2CC2CO)cc1)C(=O)NO)S(C)(=O)=O. The van der Waals surface area contributed by atoms with Gasteiger partial charge in [-0.2, -0.15) is 0 Å². The molecule has 0 aromatic heterocycles. The fourth-order valence-corrected chi connectivity index (χ4v) is 3.21. The molecule has 8 nitrogen and oxygen atoms in total. The van der Waals surface area contributed by atoms with E-state index >= 15 is 0 Å². The van der Waals surface area contributed by atoms with E-state index in [0.29, 0.717) is 5.56 Å². The van der Waals surface area contributed by atoms with Crippen molar-refractivity contribution < 1.29 is 28.3 Å². The minimum atomic E-state index is -3.74. The number of rotatable bonds is 6. The Kier molecular flexibility index (Phi) is 7.27. The molecule has 2 rings (SSSR count). The van der Waals surface area contributed by atoms with Crippen LogP contribution < -0.4 is 10.8 Å². The van der Waals surface area contributed by atoms with Crippen molar-refractivity contribution in [2.24, 2.45) is 11.8 Å². The van der Waals surface area contributed by atoms with Gasteiger partial charge in [0.2, 0.25) is 0 Å². The van der Waals surface area contributed by atoms with Crippen LogP contribution in [0.25, 0.3) is 0 Å². The van der Waals surface area contributed by atoms with Crippen molar-refractivity contribution in [3.05, 3.63) is 35.4 Å². The largest absolute Gasteiger partial charge is 0.396 e. The van der Waals surface area contributed by atoms with Crippen molar-refractivity contribution in [3.8, 4) is 23.7 Å². The summed E-state index contributed by atoms with van der Waals surface area (Å²) in [4.78, 5) is 24.5. The van der Waals surface area contributed by atoms with Crippen LogP contribution in [-0.2, 0) is 14.6 Å². The van der Waals surface area contributed by atoms with Gasteiger partial charge in [0.15, 0.2) is 9.84 Å². The molecule has 1 aromatic carbocycles. The Morgan fingerprint density at radius 1 is 1.23 bits per heavy atom. The Morgan fingerprint density at radius 2 is 1.87 bits per heavy atom. The fourth-order valence-electron chi connectivity index (χ4n) is 2.61. The number of hydrogen-bond acceptors (Lipinski definition) is 6. The second kappa shape index (κ2) is 9.31. The predicted octanol–water partition coefficient (Wildman–Crippen LogP) is 0.0969. The number of aliphatic hydroxyl groups excluding tert-OH is 1. The summed E-state index contributed by atoms with van der Waals surface area (Å²) in [5, 5.41) is 20.3. The first kappa shape index (κ1) is 23.4. The van der Waals surface area contributed by atoms with E-state index in [1.54, 1.807) is 12.1 Å². The van der Waals surface area contributed by atoms with Gasteiger partial charge in [0.05, 0.1) is 4.75 Å². The highest BCUT2D eigenvalue weighted by Gasteiger charge is 2.44. The molecular weight excluding hydrogens is 408 g/mol. The lowest BCUT2D eigenvalue weighted by Gasteiger charge is -2.31. The zero-order valence-corrected chi connectivity index (χ0v) is 17.7. The third kappa shape index (κ3) is 5.61. The molecule has 1 fully saturated rings. The molecule has 9 heteroatoms. The van der Waals surface area contributed by atoms with Gasteiger partial charge in [0.1, 0.15) is 6.04 Å². The van der Waals surface area contributed by atoms with Crippen LogP contribution in [0.15, 0.2) is 24.3 Å². The highest BCUT2D eigenvalue weighted by Crippen LogP contribution is 2.36. The topological polar surface area (TPSA) is 133 Å². The maximum Gasteiger partial charge on any atom is 0.267 e. The quantitative estimate of drug-likeness (QED) is 0.286. The molecule has 1 saturated carbocycles. The van der Waals surface area contributed by atoms with Crippen molar-refractivity contribution in [1.82, 2.24) is 10.8 Å². The molecule has 1 aromatic rings. The lowest BCUT2D eigenvalue weighted by atomic mass is 10.0. The van der Waals surface area contributed by atoms with Gasteiger partial charge >= 0.3 is 0 Å². The number of hydrogen-bond donors (Lipinski definition) is 4. The van der Waals surface area contributed by atoms with Crippen molar-refractivity contribution in [3.63, 3.8) is 0 Å². The predicted molar refractivity (Wildman–Crippen MR) is 110 cm³/mol. The lowest BCUT2D eigenvalue weighted by molar-refractivity contribution is -0.131. The number of carbonyl (C=O) groups excluding carboxylic acids is 2. The van der Waals surface area contributed by atoms with Crippen LogP contribution in [0.5, 0.6) is 0 Å². The van der Waals surface area contributed by atoms with Crippen molar-refractivity contribution >= 4 is 21.7 Å². The summed E-state index contributed by atoms with van der Waals surface area (Å²) >= 11 is 0. The van der Waals surface area contributed by atoms with E-state index in [-0.39, 0.29) is 24.0 Å². The van der Waals surface area contributed by atoms with E-state index in [2.05, 4.69) is 29.0 Å². The molecule has 0 saturated heterocycles. The number of carbonyl (C=O) groups is 2. The zero-order valence-electron chi connectivity index (χ0n) is 16.9. The summed E-state index contributed by atoms with van der Waals surface area (Å²) in [6.07, 6.45) is 1.83. The van der Waals surface area contributed by atoms with Crippen molar-refractivity contribution in [2.75, 3.05) is 12.9 Å². The third-order valence-corrected chi connectivity index (χ3v) is 7.28. The van der Waals surface area contributed by atoms with Gasteiger partial charge in [-0.05, 0) is 62.3 Å². The van der Waals surface area contributed by atoms with Crippen LogP contribution in [0, 0.1) is 35.5 Å². The zero-order chi connectivity index (χ0) is 22.5. The molecule has 0 spiro atoms. The fraction of sp³-hybridized carbons (Fsp3) is 0.429.